The number of rotatable bonds is 38. The zero-order valence-electron chi connectivity index (χ0n) is 77.8. The van der Waals surface area contributed by atoms with E-state index in [1.807, 2.05) is 0 Å². The molecule has 1 heterocycles. The van der Waals surface area contributed by atoms with Gasteiger partial charge in [-0.05, 0) is 335 Å². The van der Waals surface area contributed by atoms with Crippen LogP contribution in [0.25, 0.3) is 44.1 Å². The molecular formula is C125H120Br4N4O. The second-order valence-corrected chi connectivity index (χ2v) is 40.1. The molecule has 1 aromatic heterocycles. The van der Waals surface area contributed by atoms with Gasteiger partial charge in [-0.25, -0.2) is 0 Å². The first-order chi connectivity index (χ1) is 65.9. The van der Waals surface area contributed by atoms with E-state index >= 15 is 0 Å². The summed E-state index contributed by atoms with van der Waals surface area (Å²) in [5, 5.41) is 2.65. The number of anilines is 9. The maximum absolute atomic E-state index is 6.12. The summed E-state index contributed by atoms with van der Waals surface area (Å²) >= 11 is 15.6. The van der Waals surface area contributed by atoms with Crippen LogP contribution < -0.4 is 14.7 Å². The van der Waals surface area contributed by atoms with Gasteiger partial charge >= 0.3 is 0 Å². The minimum absolute atomic E-state index is 0.466. The SMILES string of the molecule is Brc1ccc2c(c1)C(c1ccccc1)(c1ccc3c(c1)c1ccccc1n3CCCCCCCCCCOCc1ccc(N(c3ccccc3)c3ccccc3)cc1)c1cc(Br)ccc1-2.CCCCc1ccc(N(c2ccc(CCCC)cc2)c2ccc(C3(c4ccc(N(c5ccc(CCCC)cc5)c5ccc(CCCC)cc5)cc4)c4cc(Br)ccc4-c4ccc(Br)cc43)cc2)cc1. The molecule has 19 rings (SSSR count). The molecular weight excluding hydrogens is 1890 g/mol. The van der Waals surface area contributed by atoms with Gasteiger partial charge in [0.25, 0.3) is 0 Å². The van der Waals surface area contributed by atoms with Gasteiger partial charge in [-0.15, -0.1) is 0 Å². The number of aromatic nitrogens is 1. The van der Waals surface area contributed by atoms with Crippen LogP contribution in [0.15, 0.2) is 394 Å². The Morgan fingerprint density at radius 3 is 0.888 bits per heavy atom. The number of para-hydroxylation sites is 3. The van der Waals surface area contributed by atoms with Gasteiger partial charge < -0.3 is 24.0 Å². The smallest absolute Gasteiger partial charge is 0.0716 e. The summed E-state index contributed by atoms with van der Waals surface area (Å²) in [6.45, 7) is 11.5. The highest BCUT2D eigenvalue weighted by molar-refractivity contribution is 9.11. The van der Waals surface area contributed by atoms with E-state index < -0.39 is 10.8 Å². The van der Waals surface area contributed by atoms with E-state index in [1.165, 1.54) is 213 Å². The summed E-state index contributed by atoms with van der Waals surface area (Å²) in [6, 6.07) is 140. The van der Waals surface area contributed by atoms with E-state index in [-0.39, 0.29) is 0 Å². The monoisotopic (exact) mass is 2010 g/mol. The van der Waals surface area contributed by atoms with Crippen LogP contribution in [0.1, 0.15) is 203 Å². The van der Waals surface area contributed by atoms with E-state index in [1.54, 1.807) is 0 Å². The van der Waals surface area contributed by atoms with Gasteiger partial charge in [0.15, 0.2) is 0 Å². The Kier molecular flexibility index (Phi) is 30.5. The number of nitrogens with zero attached hydrogens (tertiary/aromatic N) is 4. The van der Waals surface area contributed by atoms with E-state index in [0.29, 0.717) is 6.61 Å². The first-order valence-corrected chi connectivity index (χ1v) is 52.1. The second kappa shape index (κ2) is 44.0. The van der Waals surface area contributed by atoms with E-state index in [2.05, 4.69) is 487 Å². The van der Waals surface area contributed by atoms with Crippen molar-refractivity contribution in [2.24, 2.45) is 0 Å². The maximum atomic E-state index is 6.12. The normalized spacial score (nSPS) is 12.6. The van der Waals surface area contributed by atoms with Crippen LogP contribution in [0.4, 0.5) is 51.2 Å². The van der Waals surface area contributed by atoms with Crippen LogP contribution in [-0.2, 0) is 54.4 Å². The molecule has 0 radical (unpaired) electrons. The highest BCUT2D eigenvalue weighted by Gasteiger charge is 2.49. The molecule has 9 heteroatoms. The first kappa shape index (κ1) is 93.0. The number of unbranched alkanes of at least 4 members (excludes halogenated alkanes) is 11. The minimum Gasteiger partial charge on any atom is -0.377 e. The van der Waals surface area contributed by atoms with Crippen molar-refractivity contribution in [3.05, 3.63) is 466 Å². The van der Waals surface area contributed by atoms with Gasteiger partial charge in [-0.1, -0.05) is 356 Å². The molecule has 0 fully saturated rings. The van der Waals surface area contributed by atoms with Crippen LogP contribution in [0.5, 0.6) is 0 Å². The summed E-state index contributed by atoms with van der Waals surface area (Å²) in [5.41, 5.74) is 34.0. The molecule has 0 saturated carbocycles. The third kappa shape index (κ3) is 20.0. The fraction of sp³-hybridized carbons (Fsp3) is 0.232. The lowest BCUT2D eigenvalue weighted by Gasteiger charge is -2.35. The van der Waals surface area contributed by atoms with Gasteiger partial charge in [0.1, 0.15) is 0 Å². The molecule has 0 bridgehead atoms. The van der Waals surface area contributed by atoms with Crippen molar-refractivity contribution in [3.8, 4) is 22.3 Å². The van der Waals surface area contributed by atoms with Crippen molar-refractivity contribution < 1.29 is 4.74 Å². The van der Waals surface area contributed by atoms with Crippen LogP contribution in [0, 0.1) is 0 Å². The Morgan fingerprint density at radius 2 is 0.522 bits per heavy atom. The predicted molar refractivity (Wildman–Crippen MR) is 583 cm³/mol. The summed E-state index contributed by atoms with van der Waals surface area (Å²) in [5.74, 6) is 0. The van der Waals surface area contributed by atoms with Crippen molar-refractivity contribution in [1.29, 1.82) is 0 Å². The summed E-state index contributed by atoms with van der Waals surface area (Å²) in [6.07, 6.45) is 23.9. The Hall–Kier alpha value is -11.4. The number of aryl methyl sites for hydroxylation is 5. The van der Waals surface area contributed by atoms with Crippen molar-refractivity contribution >= 4 is 137 Å². The Morgan fingerprint density at radius 1 is 0.239 bits per heavy atom. The molecule has 5 nitrogen and oxygen atoms in total. The lowest BCUT2D eigenvalue weighted by molar-refractivity contribution is 0.116. The van der Waals surface area contributed by atoms with Crippen molar-refractivity contribution in [2.45, 2.75) is 180 Å². The fourth-order valence-corrected chi connectivity index (χ4v) is 22.2. The standard InChI is InChI=1S/C65H66Br2N2.C60H54Br2N2O/c1-5-9-13-47-17-31-55(32-18-47)68(56-33-19-48(20-34-56)14-10-6-2)59-39-25-51(26-40-59)65(63-45-53(66)29-43-61(63)62-44-30-54(67)46-64(62)65)52-27-41-60(42-28-52)69(57-35-21-49(22-36-57)15-11-7-3)58-37-23-50(24-38-58)16-12-8-4;61-47-31-35-52-53-36-32-48(62)42-57(53)60(56(52)41-47,45-20-10-7-11-21-45)46-30-37-59-55(40-46)54-26-16-17-27-58(54)63(59)38-18-5-3-1-2-4-6-19-39-65-43-44-28-33-51(34-29-44)64(49-22-12-8-13-23-49)50-24-14-9-15-25-50/h17-46H,5-16H2,1-4H3;7-17,20-37,40-42H,1-6,18-19,38-39,43H2. The van der Waals surface area contributed by atoms with Crippen LogP contribution in [0.3, 0.4) is 0 Å². The molecule has 134 heavy (non-hydrogen) atoms. The molecule has 2 aliphatic rings. The van der Waals surface area contributed by atoms with Crippen LogP contribution >= 0.6 is 63.7 Å². The Bertz CT molecular complexity index is 6360. The molecule has 0 aliphatic heterocycles. The van der Waals surface area contributed by atoms with Gasteiger partial charge in [-0.2, -0.15) is 0 Å². The Labute approximate surface area is 828 Å². The number of hydrogen-bond acceptors (Lipinski definition) is 4. The Balaban J connectivity index is 0.000000179. The number of benzene rings is 16. The average Bonchev–Trinajstić information content (AvgIpc) is 1.53. The first-order valence-electron chi connectivity index (χ1n) is 49.0. The zero-order chi connectivity index (χ0) is 91.8. The highest BCUT2D eigenvalue weighted by Crippen LogP contribution is 2.60. The number of fused-ring (bicyclic) bond motifs is 9. The third-order valence-corrected chi connectivity index (χ3v) is 29.6. The molecule has 0 saturated heterocycles. The third-order valence-electron chi connectivity index (χ3n) is 27.6. The molecule has 674 valence electrons. The highest BCUT2D eigenvalue weighted by atomic mass is 79.9. The number of ether oxygens (including phenoxy) is 1. The van der Waals surface area contributed by atoms with Crippen LogP contribution in [0.2, 0.25) is 0 Å². The fourth-order valence-electron chi connectivity index (χ4n) is 20.8. The second-order valence-electron chi connectivity index (χ2n) is 36.4. The van der Waals surface area contributed by atoms with Crippen LogP contribution in [-0.4, -0.2) is 11.2 Å². The molecule has 17 aromatic rings. The summed E-state index contributed by atoms with van der Waals surface area (Å²) in [4.78, 5) is 7.13. The molecule has 16 aromatic carbocycles. The molecule has 0 unspecified atom stereocenters. The lowest BCUT2D eigenvalue weighted by atomic mass is 9.67. The van der Waals surface area contributed by atoms with E-state index in [4.69, 9.17) is 4.74 Å². The number of halogens is 4. The summed E-state index contributed by atoms with van der Waals surface area (Å²) < 4.78 is 13.0. The lowest BCUT2D eigenvalue weighted by Crippen LogP contribution is -2.29. The van der Waals surface area contributed by atoms with Gasteiger partial charge in [0.05, 0.1) is 17.4 Å². The van der Waals surface area contributed by atoms with E-state index in [9.17, 15) is 0 Å². The average molecular weight is 2010 g/mol. The zero-order valence-corrected chi connectivity index (χ0v) is 84.1. The molecule has 2 aliphatic carbocycles. The summed E-state index contributed by atoms with van der Waals surface area (Å²) in [7, 11) is 0. The van der Waals surface area contributed by atoms with Crippen molar-refractivity contribution in [3.63, 3.8) is 0 Å². The van der Waals surface area contributed by atoms with Gasteiger partial charge in [-0.3, -0.25) is 0 Å². The maximum Gasteiger partial charge on any atom is 0.0716 e. The molecule has 0 N–H and O–H groups in total. The van der Waals surface area contributed by atoms with Gasteiger partial charge in [0.2, 0.25) is 0 Å². The molecule has 0 spiro atoms. The van der Waals surface area contributed by atoms with E-state index in [0.717, 1.165) is 114 Å². The molecule has 0 atom stereocenters. The predicted octanol–water partition coefficient (Wildman–Crippen LogP) is 37.4. The minimum atomic E-state index is -0.603. The number of hydrogen-bond donors (Lipinski definition) is 0. The quantitative estimate of drug-likeness (QED) is 0.0360. The molecule has 0 amide bonds. The van der Waals surface area contributed by atoms with Crippen molar-refractivity contribution in [2.75, 3.05) is 21.3 Å². The van der Waals surface area contributed by atoms with Crippen molar-refractivity contribution in [1.82, 2.24) is 4.57 Å². The largest absolute Gasteiger partial charge is 0.377 e. The topological polar surface area (TPSA) is 23.9 Å². The van der Waals surface area contributed by atoms with Gasteiger partial charge in [0, 0.05) is 104 Å².